The molecule has 3 aliphatic heterocycles. The van der Waals surface area contributed by atoms with Crippen molar-refractivity contribution in [1.82, 2.24) is 20.7 Å². The summed E-state index contributed by atoms with van der Waals surface area (Å²) in [7, 11) is 0. The first-order valence-electron chi connectivity index (χ1n) is 9.59. The summed E-state index contributed by atoms with van der Waals surface area (Å²) in [5.41, 5.74) is 3.70. The van der Waals surface area contributed by atoms with E-state index in [0.717, 1.165) is 24.3 Å². The van der Waals surface area contributed by atoms with Crippen LogP contribution >= 0.6 is 0 Å². The molecule has 5 amide bonds. The van der Waals surface area contributed by atoms with E-state index >= 15 is 0 Å². The predicted molar refractivity (Wildman–Crippen MR) is 101 cm³/mol. The van der Waals surface area contributed by atoms with Crippen LogP contribution in [-0.2, 0) is 14.4 Å². The minimum Gasteiger partial charge on any atom is -0.375 e. The molecule has 0 bridgehead atoms. The van der Waals surface area contributed by atoms with Gasteiger partial charge in [-0.15, -0.1) is 0 Å². The van der Waals surface area contributed by atoms with E-state index in [1.165, 1.54) is 6.07 Å². The van der Waals surface area contributed by atoms with E-state index in [1.54, 1.807) is 17.1 Å². The van der Waals surface area contributed by atoms with E-state index in [1.807, 2.05) is 0 Å². The molecule has 1 aromatic rings. The highest BCUT2D eigenvalue weighted by Crippen LogP contribution is 2.32. The van der Waals surface area contributed by atoms with Crippen molar-refractivity contribution >= 4 is 35.2 Å². The fraction of sp³-hybridized carbons (Fsp3) is 0.421. The lowest BCUT2D eigenvalue weighted by Gasteiger charge is -2.28. The van der Waals surface area contributed by atoms with Crippen molar-refractivity contribution in [3.8, 4) is 0 Å². The maximum absolute atomic E-state index is 13.0. The highest BCUT2D eigenvalue weighted by Gasteiger charge is 2.45. The Morgan fingerprint density at radius 2 is 1.97 bits per heavy atom. The molecule has 152 valence electrons. The number of carbonyl (C=O) groups excluding carboxylic acids is 5. The third-order valence-electron chi connectivity index (χ3n) is 5.31. The Balaban J connectivity index is 1.52. The highest BCUT2D eigenvalue weighted by atomic mass is 16.2. The lowest BCUT2D eigenvalue weighted by atomic mass is 10.0. The average molecular weight is 399 g/mol. The Morgan fingerprint density at radius 1 is 1.14 bits per heavy atom. The van der Waals surface area contributed by atoms with Crippen molar-refractivity contribution < 1.29 is 24.0 Å². The average Bonchev–Trinajstić information content (AvgIpc) is 2.98. The molecule has 1 atom stereocenters. The second-order valence-corrected chi connectivity index (χ2v) is 7.19. The van der Waals surface area contributed by atoms with E-state index in [-0.39, 0.29) is 36.4 Å². The summed E-state index contributed by atoms with van der Waals surface area (Å²) >= 11 is 0. The van der Waals surface area contributed by atoms with Crippen LogP contribution in [0, 0.1) is 0 Å². The molecule has 3 N–H and O–H groups in total. The zero-order valence-electron chi connectivity index (χ0n) is 15.7. The molecule has 2 saturated heterocycles. The zero-order valence-corrected chi connectivity index (χ0v) is 15.7. The molecule has 0 saturated carbocycles. The maximum atomic E-state index is 13.0. The number of rotatable bonds is 4. The number of hydrogen-bond acceptors (Lipinski definition) is 7. The quantitative estimate of drug-likeness (QED) is 0.589. The van der Waals surface area contributed by atoms with Crippen LogP contribution in [0.1, 0.15) is 46.4 Å². The lowest BCUT2D eigenvalue weighted by molar-refractivity contribution is -0.136. The molecule has 1 aromatic carbocycles. The van der Waals surface area contributed by atoms with Gasteiger partial charge in [0.2, 0.25) is 11.8 Å². The van der Waals surface area contributed by atoms with Crippen molar-refractivity contribution in [3.63, 3.8) is 0 Å². The monoisotopic (exact) mass is 399 g/mol. The zero-order chi connectivity index (χ0) is 20.5. The molecular formula is C19H21N5O5. The van der Waals surface area contributed by atoms with Gasteiger partial charge in [0.15, 0.2) is 0 Å². The fourth-order valence-corrected chi connectivity index (χ4v) is 3.83. The maximum Gasteiger partial charge on any atom is 0.264 e. The molecule has 10 heteroatoms. The van der Waals surface area contributed by atoms with Gasteiger partial charge in [-0.25, -0.2) is 5.43 Å². The van der Waals surface area contributed by atoms with Crippen LogP contribution in [0.4, 0.5) is 5.69 Å². The van der Waals surface area contributed by atoms with Crippen molar-refractivity contribution in [2.75, 3.05) is 25.0 Å². The number of fused-ring (bicyclic) bond motifs is 1. The molecule has 2 fully saturated rings. The molecule has 1 unspecified atom stereocenters. The second kappa shape index (κ2) is 7.63. The second-order valence-electron chi connectivity index (χ2n) is 7.19. The van der Waals surface area contributed by atoms with Crippen LogP contribution in [-0.4, -0.2) is 65.1 Å². The van der Waals surface area contributed by atoms with E-state index in [2.05, 4.69) is 16.1 Å². The first-order chi connectivity index (χ1) is 14.0. The topological polar surface area (TPSA) is 128 Å². The first kappa shape index (κ1) is 19.1. The number of anilines is 1. The normalized spacial score (nSPS) is 21.9. The van der Waals surface area contributed by atoms with Crippen molar-refractivity contribution in [2.45, 2.75) is 31.7 Å². The van der Waals surface area contributed by atoms with Crippen LogP contribution in [0.25, 0.3) is 0 Å². The predicted octanol–water partition coefficient (Wildman–Crippen LogP) is -0.373. The van der Waals surface area contributed by atoms with Gasteiger partial charge in [0.1, 0.15) is 6.04 Å². The molecule has 0 radical (unpaired) electrons. The van der Waals surface area contributed by atoms with Crippen molar-refractivity contribution in [2.24, 2.45) is 0 Å². The number of carbonyl (C=O) groups is 5. The SMILES string of the molecule is O=C1CCC(N2C(=O)c3cccc(NCC(=O)N4CCCCN4)c3C2=O)C(=O)N1. The first-order valence-corrected chi connectivity index (χ1v) is 9.59. The minimum absolute atomic E-state index is 0.0384. The van der Waals surface area contributed by atoms with Gasteiger partial charge >= 0.3 is 0 Å². The lowest BCUT2D eigenvalue weighted by Crippen LogP contribution is -2.54. The molecule has 0 spiro atoms. The molecule has 0 aromatic heterocycles. The van der Waals surface area contributed by atoms with E-state index in [9.17, 15) is 24.0 Å². The Morgan fingerprint density at radius 3 is 2.69 bits per heavy atom. The fourth-order valence-electron chi connectivity index (χ4n) is 3.83. The van der Waals surface area contributed by atoms with Crippen molar-refractivity contribution in [1.29, 1.82) is 0 Å². The van der Waals surface area contributed by atoms with Crippen LogP contribution in [0.5, 0.6) is 0 Å². The number of nitrogens with one attached hydrogen (secondary N) is 3. The number of amides is 5. The summed E-state index contributed by atoms with van der Waals surface area (Å²) in [6, 6.07) is 3.73. The third-order valence-corrected chi connectivity index (χ3v) is 5.31. The molecule has 3 aliphatic rings. The largest absolute Gasteiger partial charge is 0.375 e. The van der Waals surface area contributed by atoms with Gasteiger partial charge in [-0.3, -0.25) is 39.2 Å². The standard InChI is InChI=1S/C19H21N5O5/c25-14-7-6-13(17(27)22-14)24-18(28)11-4-3-5-12(16(11)19(24)29)20-10-15(26)23-9-2-1-8-21-23/h3-5,13,20-21H,1-2,6-10H2,(H,22,25,27). The molecule has 10 nitrogen and oxygen atoms in total. The van der Waals surface area contributed by atoms with Crippen LogP contribution in [0.15, 0.2) is 18.2 Å². The Labute approximate surface area is 166 Å². The van der Waals surface area contributed by atoms with Gasteiger partial charge < -0.3 is 5.32 Å². The smallest absolute Gasteiger partial charge is 0.264 e. The van der Waals surface area contributed by atoms with E-state index in [4.69, 9.17) is 0 Å². The van der Waals surface area contributed by atoms with E-state index < -0.39 is 29.7 Å². The molecule has 29 heavy (non-hydrogen) atoms. The van der Waals surface area contributed by atoms with Crippen LogP contribution < -0.4 is 16.1 Å². The number of nitrogens with zero attached hydrogens (tertiary/aromatic N) is 2. The summed E-state index contributed by atoms with van der Waals surface area (Å²) in [5, 5.41) is 6.66. The highest BCUT2D eigenvalue weighted by molar-refractivity contribution is 6.25. The summed E-state index contributed by atoms with van der Waals surface area (Å²) in [6.07, 6.45) is 2.09. The third kappa shape index (κ3) is 3.46. The van der Waals surface area contributed by atoms with Gasteiger partial charge in [-0.05, 0) is 31.4 Å². The van der Waals surface area contributed by atoms with Gasteiger partial charge in [-0.2, -0.15) is 0 Å². The summed E-state index contributed by atoms with van der Waals surface area (Å²) < 4.78 is 0. The van der Waals surface area contributed by atoms with Gasteiger partial charge in [0, 0.05) is 25.2 Å². The Bertz CT molecular complexity index is 908. The number of hydrazine groups is 1. The minimum atomic E-state index is -1.02. The van der Waals surface area contributed by atoms with E-state index in [0.29, 0.717) is 12.2 Å². The van der Waals surface area contributed by atoms with Crippen LogP contribution in [0.3, 0.4) is 0 Å². The van der Waals surface area contributed by atoms with Gasteiger partial charge in [0.25, 0.3) is 17.7 Å². The van der Waals surface area contributed by atoms with Crippen molar-refractivity contribution in [3.05, 3.63) is 29.3 Å². The number of piperidine rings is 1. The summed E-state index contributed by atoms with van der Waals surface area (Å²) in [6.45, 7) is 1.32. The summed E-state index contributed by atoms with van der Waals surface area (Å²) in [4.78, 5) is 62.6. The Kier molecular flexibility index (Phi) is 5.01. The molecule has 3 heterocycles. The summed E-state index contributed by atoms with van der Waals surface area (Å²) in [5.74, 6) is -2.42. The van der Waals surface area contributed by atoms with Crippen LogP contribution in [0.2, 0.25) is 0 Å². The number of benzene rings is 1. The van der Waals surface area contributed by atoms with Gasteiger partial charge in [-0.1, -0.05) is 6.07 Å². The molecule has 0 aliphatic carbocycles. The molecule has 4 rings (SSSR count). The Hall–Kier alpha value is -3.27. The number of imide groups is 2. The number of hydrogen-bond donors (Lipinski definition) is 3. The van der Waals surface area contributed by atoms with Gasteiger partial charge in [0.05, 0.1) is 17.7 Å². The molecular weight excluding hydrogens is 378 g/mol.